The molecule has 0 saturated carbocycles. The van der Waals surface area contributed by atoms with Gasteiger partial charge in [0.25, 0.3) is 0 Å². The summed E-state index contributed by atoms with van der Waals surface area (Å²) >= 11 is 0. The number of aliphatic hydroxyl groups excluding tert-OH is 3. The number of anilines is 1. The van der Waals surface area contributed by atoms with Crippen molar-refractivity contribution in [2.75, 3.05) is 18.9 Å². The Kier molecular flexibility index (Phi) is 4.45. The first-order valence-corrected chi connectivity index (χ1v) is 5.84. The fourth-order valence-electron chi connectivity index (χ4n) is 1.78. The molecule has 110 valence electrons. The maximum absolute atomic E-state index is 13.7. The molecule has 20 heavy (non-hydrogen) atoms. The molecule has 0 saturated heterocycles. The lowest BCUT2D eigenvalue weighted by molar-refractivity contribution is -0.0997. The van der Waals surface area contributed by atoms with Crippen LogP contribution in [0.2, 0.25) is 0 Å². The summed E-state index contributed by atoms with van der Waals surface area (Å²) < 4.78 is 20.3. The van der Waals surface area contributed by atoms with Crippen LogP contribution >= 0.6 is 0 Å². The standard InChI is InChI=1S/C11H15FN4O4/c12-6-1-16(5-20-8(3-18)7(19)2-17)11-9(6)10(13)14-4-15-11/h1,4,7-8,17-19H,2-3,5H2,(H2,13,14,15)/t7?,8-/m1/s1. The van der Waals surface area contributed by atoms with Gasteiger partial charge in [-0.3, -0.25) is 0 Å². The second-order valence-corrected chi connectivity index (χ2v) is 4.17. The van der Waals surface area contributed by atoms with E-state index in [0.717, 1.165) is 6.20 Å². The predicted octanol–water partition coefficient (Wildman–Crippen LogP) is -1.16. The van der Waals surface area contributed by atoms with Crippen molar-refractivity contribution < 1.29 is 24.4 Å². The number of aromatic nitrogens is 3. The van der Waals surface area contributed by atoms with Crippen LogP contribution in [0.25, 0.3) is 11.0 Å². The first kappa shape index (κ1) is 14.6. The Hall–Kier alpha value is -1.81. The SMILES string of the molecule is Nc1ncnc2c1c(F)cn2CO[C@H](CO)C(O)CO. The third-order valence-electron chi connectivity index (χ3n) is 2.86. The number of nitrogens with zero attached hydrogens (tertiary/aromatic N) is 3. The zero-order valence-electron chi connectivity index (χ0n) is 10.5. The van der Waals surface area contributed by atoms with Crippen molar-refractivity contribution in [3.8, 4) is 0 Å². The number of nitrogens with two attached hydrogens (primary N) is 1. The fraction of sp³-hybridized carbons (Fsp3) is 0.455. The quantitative estimate of drug-likeness (QED) is 0.527. The Bertz CT molecular complexity index is 591. The molecule has 0 fully saturated rings. The molecule has 2 aromatic rings. The molecule has 2 rings (SSSR count). The van der Waals surface area contributed by atoms with Gasteiger partial charge in [-0.1, -0.05) is 0 Å². The Labute approximate surface area is 113 Å². The summed E-state index contributed by atoms with van der Waals surface area (Å²) in [6.45, 7) is -1.21. The van der Waals surface area contributed by atoms with E-state index in [9.17, 15) is 9.50 Å². The molecule has 0 bridgehead atoms. The maximum Gasteiger partial charge on any atom is 0.154 e. The fourth-order valence-corrected chi connectivity index (χ4v) is 1.78. The van der Waals surface area contributed by atoms with Crippen molar-refractivity contribution in [2.24, 2.45) is 0 Å². The van der Waals surface area contributed by atoms with Gasteiger partial charge in [0.1, 0.15) is 36.7 Å². The van der Waals surface area contributed by atoms with Crippen molar-refractivity contribution in [2.45, 2.75) is 18.9 Å². The van der Waals surface area contributed by atoms with Crippen molar-refractivity contribution in [1.29, 1.82) is 0 Å². The third-order valence-corrected chi connectivity index (χ3v) is 2.86. The van der Waals surface area contributed by atoms with E-state index >= 15 is 0 Å². The first-order chi connectivity index (χ1) is 9.58. The minimum atomic E-state index is -1.23. The molecule has 1 unspecified atom stereocenters. The number of fused-ring (bicyclic) bond motifs is 1. The van der Waals surface area contributed by atoms with Gasteiger partial charge >= 0.3 is 0 Å². The highest BCUT2D eigenvalue weighted by molar-refractivity contribution is 5.86. The molecular formula is C11H15FN4O4. The summed E-state index contributed by atoms with van der Waals surface area (Å²) in [7, 11) is 0. The van der Waals surface area contributed by atoms with Gasteiger partial charge in [0.15, 0.2) is 5.82 Å². The van der Waals surface area contributed by atoms with Crippen LogP contribution in [0.5, 0.6) is 0 Å². The van der Waals surface area contributed by atoms with Crippen LogP contribution in [0.1, 0.15) is 0 Å². The lowest BCUT2D eigenvalue weighted by Crippen LogP contribution is -2.35. The average Bonchev–Trinajstić information content (AvgIpc) is 2.77. The zero-order chi connectivity index (χ0) is 14.7. The second-order valence-electron chi connectivity index (χ2n) is 4.17. The van der Waals surface area contributed by atoms with E-state index in [-0.39, 0.29) is 23.6 Å². The number of hydrogen-bond acceptors (Lipinski definition) is 7. The smallest absolute Gasteiger partial charge is 0.154 e. The van der Waals surface area contributed by atoms with E-state index in [1.54, 1.807) is 0 Å². The molecule has 2 atom stereocenters. The lowest BCUT2D eigenvalue weighted by atomic mass is 10.2. The molecule has 0 aromatic carbocycles. The number of aliphatic hydroxyl groups is 3. The molecule has 2 aromatic heterocycles. The first-order valence-electron chi connectivity index (χ1n) is 5.84. The van der Waals surface area contributed by atoms with Crippen LogP contribution in [0.15, 0.2) is 12.5 Å². The Balaban J connectivity index is 2.20. The van der Waals surface area contributed by atoms with Crippen LogP contribution in [0.3, 0.4) is 0 Å². The number of nitrogen functional groups attached to an aromatic ring is 1. The number of halogens is 1. The molecular weight excluding hydrogens is 271 g/mol. The largest absolute Gasteiger partial charge is 0.394 e. The van der Waals surface area contributed by atoms with Crippen molar-refractivity contribution >= 4 is 16.9 Å². The highest BCUT2D eigenvalue weighted by Crippen LogP contribution is 2.22. The van der Waals surface area contributed by atoms with Crippen LogP contribution in [0, 0.1) is 5.82 Å². The molecule has 5 N–H and O–H groups in total. The number of ether oxygens (including phenoxy) is 1. The van der Waals surface area contributed by atoms with Gasteiger partial charge in [-0.2, -0.15) is 0 Å². The highest BCUT2D eigenvalue weighted by Gasteiger charge is 2.19. The van der Waals surface area contributed by atoms with E-state index in [1.807, 2.05) is 0 Å². The van der Waals surface area contributed by atoms with Crippen LogP contribution in [-0.2, 0) is 11.5 Å². The second kappa shape index (κ2) is 6.09. The zero-order valence-corrected chi connectivity index (χ0v) is 10.5. The summed E-state index contributed by atoms with van der Waals surface area (Å²) in [4.78, 5) is 7.60. The summed E-state index contributed by atoms with van der Waals surface area (Å²) in [5.41, 5.74) is 5.80. The van der Waals surface area contributed by atoms with Gasteiger partial charge < -0.3 is 30.4 Å². The Morgan fingerprint density at radius 2 is 2.10 bits per heavy atom. The summed E-state index contributed by atoms with van der Waals surface area (Å²) in [5.74, 6) is -0.578. The molecule has 0 spiro atoms. The Morgan fingerprint density at radius 1 is 1.35 bits per heavy atom. The van der Waals surface area contributed by atoms with Crippen LogP contribution in [-0.4, -0.2) is 55.3 Å². The van der Waals surface area contributed by atoms with E-state index in [2.05, 4.69) is 9.97 Å². The minimum absolute atomic E-state index is 0.0142. The molecule has 2 heterocycles. The number of hydrogen-bond donors (Lipinski definition) is 4. The van der Waals surface area contributed by atoms with E-state index in [4.69, 9.17) is 20.7 Å². The topological polar surface area (TPSA) is 127 Å². The van der Waals surface area contributed by atoms with Gasteiger partial charge in [0.2, 0.25) is 0 Å². The van der Waals surface area contributed by atoms with Gasteiger partial charge in [-0.15, -0.1) is 0 Å². The van der Waals surface area contributed by atoms with E-state index in [1.165, 1.54) is 10.9 Å². The lowest BCUT2D eigenvalue weighted by Gasteiger charge is -2.20. The molecule has 0 aliphatic rings. The molecule has 9 heteroatoms. The molecule has 0 aliphatic carbocycles. The van der Waals surface area contributed by atoms with E-state index in [0.29, 0.717) is 0 Å². The summed E-state index contributed by atoms with van der Waals surface area (Å²) in [6, 6.07) is 0. The normalized spacial score (nSPS) is 14.6. The van der Waals surface area contributed by atoms with Crippen LogP contribution in [0.4, 0.5) is 10.2 Å². The molecule has 0 aliphatic heterocycles. The molecule has 0 radical (unpaired) electrons. The minimum Gasteiger partial charge on any atom is -0.394 e. The molecule has 8 nitrogen and oxygen atoms in total. The monoisotopic (exact) mass is 286 g/mol. The van der Waals surface area contributed by atoms with Gasteiger partial charge in [-0.05, 0) is 0 Å². The Morgan fingerprint density at radius 3 is 2.75 bits per heavy atom. The summed E-state index contributed by atoms with van der Waals surface area (Å²) in [6.07, 6.45) is 0.112. The highest BCUT2D eigenvalue weighted by atomic mass is 19.1. The summed E-state index contributed by atoms with van der Waals surface area (Å²) in [5, 5.41) is 27.3. The predicted molar refractivity (Wildman–Crippen MR) is 66.9 cm³/mol. The maximum atomic E-state index is 13.7. The number of rotatable bonds is 6. The third kappa shape index (κ3) is 2.70. The molecule has 0 amide bonds. The van der Waals surface area contributed by atoms with Gasteiger partial charge in [0, 0.05) is 6.20 Å². The van der Waals surface area contributed by atoms with Gasteiger partial charge in [0.05, 0.1) is 18.6 Å². The average molecular weight is 286 g/mol. The van der Waals surface area contributed by atoms with Gasteiger partial charge in [-0.25, -0.2) is 14.4 Å². The van der Waals surface area contributed by atoms with Crippen LogP contribution < -0.4 is 5.73 Å². The van der Waals surface area contributed by atoms with Crippen molar-refractivity contribution in [3.63, 3.8) is 0 Å². The van der Waals surface area contributed by atoms with E-state index < -0.39 is 31.2 Å². The van der Waals surface area contributed by atoms with Crippen molar-refractivity contribution in [1.82, 2.24) is 14.5 Å². The van der Waals surface area contributed by atoms with Crippen molar-refractivity contribution in [3.05, 3.63) is 18.3 Å².